The number of aromatic carboxylic acids is 1. The number of carbonyl (C=O) groups is 1. The van der Waals surface area contributed by atoms with E-state index in [2.05, 4.69) is 9.97 Å². The van der Waals surface area contributed by atoms with E-state index in [1.165, 1.54) is 11.3 Å². The zero-order valence-corrected chi connectivity index (χ0v) is 11.5. The highest BCUT2D eigenvalue weighted by atomic mass is 35.5. The van der Waals surface area contributed by atoms with Crippen LogP contribution in [-0.2, 0) is 0 Å². The van der Waals surface area contributed by atoms with Crippen molar-refractivity contribution in [2.45, 2.75) is 0 Å². The lowest BCUT2D eigenvalue weighted by molar-refractivity contribution is 0.0683. The molecular weight excluding hydrogens is 300 g/mol. The van der Waals surface area contributed by atoms with Gasteiger partial charge in [0.15, 0.2) is 0 Å². The van der Waals surface area contributed by atoms with Crippen molar-refractivity contribution in [3.05, 3.63) is 50.8 Å². The third-order valence-electron chi connectivity index (χ3n) is 2.81. The van der Waals surface area contributed by atoms with Crippen LogP contribution in [0.1, 0.15) is 10.6 Å². The van der Waals surface area contributed by atoms with Gasteiger partial charge in [0.25, 0.3) is 5.56 Å². The van der Waals surface area contributed by atoms with Crippen LogP contribution in [-0.4, -0.2) is 21.0 Å². The summed E-state index contributed by atoms with van der Waals surface area (Å²) in [7, 11) is 0. The molecule has 0 saturated heterocycles. The molecule has 0 bridgehead atoms. The number of carboxylic acids is 1. The van der Waals surface area contributed by atoms with E-state index in [0.717, 1.165) is 5.56 Å². The van der Waals surface area contributed by atoms with Gasteiger partial charge in [-0.15, -0.1) is 11.3 Å². The van der Waals surface area contributed by atoms with Gasteiger partial charge in [-0.3, -0.25) is 4.79 Å². The van der Waals surface area contributed by atoms with Gasteiger partial charge in [0.1, 0.15) is 4.83 Å². The van der Waals surface area contributed by atoms with Crippen molar-refractivity contribution < 1.29 is 9.90 Å². The number of hydrogen-bond acceptors (Lipinski definition) is 4. The van der Waals surface area contributed by atoms with Gasteiger partial charge in [-0.05, 0) is 6.07 Å². The first-order valence-electron chi connectivity index (χ1n) is 5.57. The Morgan fingerprint density at radius 1 is 1.30 bits per heavy atom. The van der Waals surface area contributed by atoms with E-state index in [9.17, 15) is 9.59 Å². The maximum absolute atomic E-state index is 12.1. The summed E-state index contributed by atoms with van der Waals surface area (Å²) < 4.78 is 0. The monoisotopic (exact) mass is 306 g/mol. The van der Waals surface area contributed by atoms with Crippen LogP contribution in [0.5, 0.6) is 0 Å². The standard InChI is InChI=1S/C13H7ClN2O3S/c14-8-4-2-1-3-6(8)7-5-20-12-9(7)11(17)15-10(16-12)13(18)19/h1-5H,(H,18,19)(H,15,16,17). The minimum Gasteiger partial charge on any atom is -0.475 e. The van der Waals surface area contributed by atoms with Gasteiger partial charge < -0.3 is 10.1 Å². The summed E-state index contributed by atoms with van der Waals surface area (Å²) in [5.74, 6) is -1.63. The first kappa shape index (κ1) is 12.8. The van der Waals surface area contributed by atoms with E-state index < -0.39 is 11.5 Å². The Hall–Kier alpha value is -2.18. The highest BCUT2D eigenvalue weighted by Crippen LogP contribution is 2.34. The molecule has 0 unspecified atom stereocenters. The number of thiophene rings is 1. The molecule has 0 atom stereocenters. The molecular formula is C13H7ClN2O3S. The smallest absolute Gasteiger partial charge is 0.372 e. The molecule has 0 spiro atoms. The maximum Gasteiger partial charge on any atom is 0.372 e. The minimum atomic E-state index is -1.27. The van der Waals surface area contributed by atoms with Crippen LogP contribution in [0.25, 0.3) is 21.3 Å². The number of rotatable bonds is 2. The number of aromatic nitrogens is 2. The van der Waals surface area contributed by atoms with Crippen molar-refractivity contribution in [3.8, 4) is 11.1 Å². The second kappa shape index (κ2) is 4.73. The molecule has 0 aliphatic heterocycles. The Morgan fingerprint density at radius 3 is 2.75 bits per heavy atom. The molecule has 3 rings (SSSR count). The topological polar surface area (TPSA) is 83.0 Å². The molecule has 0 saturated carbocycles. The fourth-order valence-corrected chi connectivity index (χ4v) is 3.10. The van der Waals surface area contributed by atoms with E-state index in [1.807, 2.05) is 6.07 Å². The average Bonchev–Trinajstić information content (AvgIpc) is 2.83. The Bertz CT molecular complexity index is 885. The number of hydrogen-bond donors (Lipinski definition) is 2. The van der Waals surface area contributed by atoms with Gasteiger partial charge in [0.05, 0.1) is 5.39 Å². The number of H-pyrrole nitrogens is 1. The second-order valence-electron chi connectivity index (χ2n) is 4.03. The number of nitrogens with zero attached hydrogens (tertiary/aromatic N) is 1. The molecule has 0 aliphatic carbocycles. The molecule has 2 N–H and O–H groups in total. The third-order valence-corrected chi connectivity index (χ3v) is 4.01. The summed E-state index contributed by atoms with van der Waals surface area (Å²) >= 11 is 7.34. The van der Waals surface area contributed by atoms with Crippen molar-refractivity contribution in [2.24, 2.45) is 0 Å². The van der Waals surface area contributed by atoms with Crippen LogP contribution in [0.4, 0.5) is 0 Å². The lowest BCUT2D eigenvalue weighted by Gasteiger charge is -2.02. The van der Waals surface area contributed by atoms with Crippen LogP contribution in [0.15, 0.2) is 34.4 Å². The molecule has 0 amide bonds. The Morgan fingerprint density at radius 2 is 2.05 bits per heavy atom. The van der Waals surface area contributed by atoms with Crippen molar-refractivity contribution in [1.29, 1.82) is 0 Å². The largest absolute Gasteiger partial charge is 0.475 e. The van der Waals surface area contributed by atoms with Crippen molar-refractivity contribution in [1.82, 2.24) is 9.97 Å². The normalized spacial score (nSPS) is 10.8. The fourth-order valence-electron chi connectivity index (χ4n) is 1.93. The SMILES string of the molecule is O=C(O)c1nc2scc(-c3ccccc3Cl)c2c(=O)[nH]1. The van der Waals surface area contributed by atoms with Crippen LogP contribution < -0.4 is 5.56 Å². The summed E-state index contributed by atoms with van der Waals surface area (Å²) in [6.45, 7) is 0. The molecule has 0 radical (unpaired) electrons. The number of benzene rings is 1. The number of fused-ring (bicyclic) bond motifs is 1. The zero-order chi connectivity index (χ0) is 14.3. The van der Waals surface area contributed by atoms with Crippen LogP contribution >= 0.6 is 22.9 Å². The molecule has 1 aromatic carbocycles. The van der Waals surface area contributed by atoms with Crippen molar-refractivity contribution in [3.63, 3.8) is 0 Å². The molecule has 7 heteroatoms. The maximum atomic E-state index is 12.1. The Labute approximate surface area is 121 Å². The summed E-state index contributed by atoms with van der Waals surface area (Å²) in [5, 5.41) is 11.5. The van der Waals surface area contributed by atoms with Crippen LogP contribution in [0, 0.1) is 0 Å². The summed E-state index contributed by atoms with van der Waals surface area (Å²) in [5.41, 5.74) is 0.889. The van der Waals surface area contributed by atoms with E-state index in [-0.39, 0.29) is 5.82 Å². The van der Waals surface area contributed by atoms with Gasteiger partial charge in [-0.1, -0.05) is 29.8 Å². The number of carboxylic acid groups (broad SMARTS) is 1. The number of aromatic amines is 1. The molecule has 0 fully saturated rings. The predicted octanol–water partition coefficient (Wildman–Crippen LogP) is 3.00. The molecule has 2 aromatic heterocycles. The van der Waals surface area contributed by atoms with Crippen LogP contribution in [0.3, 0.4) is 0 Å². The van der Waals surface area contributed by atoms with Crippen molar-refractivity contribution >= 4 is 39.1 Å². The van der Waals surface area contributed by atoms with E-state index in [0.29, 0.717) is 20.8 Å². The highest BCUT2D eigenvalue weighted by molar-refractivity contribution is 7.17. The second-order valence-corrected chi connectivity index (χ2v) is 5.29. The summed E-state index contributed by atoms with van der Waals surface area (Å²) in [6.07, 6.45) is 0. The number of halogens is 1. The molecule has 3 aromatic rings. The van der Waals surface area contributed by atoms with E-state index in [1.54, 1.807) is 23.6 Å². The van der Waals surface area contributed by atoms with Crippen molar-refractivity contribution in [2.75, 3.05) is 0 Å². The van der Waals surface area contributed by atoms with E-state index in [4.69, 9.17) is 16.7 Å². The lowest BCUT2D eigenvalue weighted by atomic mass is 10.1. The molecule has 0 aliphatic rings. The van der Waals surface area contributed by atoms with Gasteiger partial charge in [-0.25, -0.2) is 9.78 Å². The highest BCUT2D eigenvalue weighted by Gasteiger charge is 2.16. The van der Waals surface area contributed by atoms with Gasteiger partial charge in [0, 0.05) is 21.5 Å². The van der Waals surface area contributed by atoms with Gasteiger partial charge >= 0.3 is 5.97 Å². The summed E-state index contributed by atoms with van der Waals surface area (Å²) in [4.78, 5) is 29.5. The Kier molecular flexibility index (Phi) is 3.04. The first-order chi connectivity index (χ1) is 9.58. The molecule has 5 nitrogen and oxygen atoms in total. The quantitative estimate of drug-likeness (QED) is 0.762. The molecule has 2 heterocycles. The number of nitrogens with one attached hydrogen (secondary N) is 1. The summed E-state index contributed by atoms with van der Waals surface area (Å²) in [6, 6.07) is 7.14. The third kappa shape index (κ3) is 1.99. The van der Waals surface area contributed by atoms with Gasteiger partial charge in [-0.2, -0.15) is 0 Å². The lowest BCUT2D eigenvalue weighted by Crippen LogP contribution is -2.15. The van der Waals surface area contributed by atoms with E-state index >= 15 is 0 Å². The zero-order valence-electron chi connectivity index (χ0n) is 9.88. The minimum absolute atomic E-state index is 0.355. The Balaban J connectivity index is 2.33. The average molecular weight is 307 g/mol. The fraction of sp³-hybridized carbons (Fsp3) is 0. The molecule has 100 valence electrons. The first-order valence-corrected chi connectivity index (χ1v) is 6.83. The predicted molar refractivity (Wildman–Crippen MR) is 77.6 cm³/mol. The van der Waals surface area contributed by atoms with Gasteiger partial charge in [0.2, 0.25) is 5.82 Å². The molecule has 20 heavy (non-hydrogen) atoms. The van der Waals surface area contributed by atoms with Crippen LogP contribution in [0.2, 0.25) is 5.02 Å².